The van der Waals surface area contributed by atoms with Crippen LogP contribution in [0.15, 0.2) is 154 Å². The number of rotatable bonds is 5. The molecule has 11 rings (SSSR count). The van der Waals surface area contributed by atoms with E-state index in [0.717, 1.165) is 92.2 Å². The summed E-state index contributed by atoms with van der Waals surface area (Å²) < 4.78 is 13.0. The Morgan fingerprint density at radius 1 is 0.481 bits per heavy atom. The second kappa shape index (κ2) is 12.4. The van der Waals surface area contributed by atoms with Gasteiger partial charge in [0.1, 0.15) is 22.5 Å². The van der Waals surface area contributed by atoms with E-state index in [1.54, 1.807) is 0 Å². The molecule has 3 heterocycles. The van der Waals surface area contributed by atoms with Gasteiger partial charge in [0, 0.05) is 44.0 Å². The van der Waals surface area contributed by atoms with Crippen LogP contribution in [-0.4, -0.2) is 15.0 Å². The minimum atomic E-state index is 0.597. The first-order valence-corrected chi connectivity index (χ1v) is 18.6. The molecule has 0 saturated carbocycles. The van der Waals surface area contributed by atoms with Crippen LogP contribution in [0.3, 0.4) is 0 Å². The Hall–Kier alpha value is -6.85. The molecule has 3 aromatic heterocycles. The molecule has 0 unspecified atom stereocenters. The van der Waals surface area contributed by atoms with Crippen molar-refractivity contribution in [3.05, 3.63) is 163 Å². The zero-order chi connectivity index (χ0) is 35.6. The van der Waals surface area contributed by atoms with Crippen LogP contribution in [0.1, 0.15) is 36.1 Å². The van der Waals surface area contributed by atoms with Crippen LogP contribution in [0, 0.1) is 0 Å². The fourth-order valence-corrected chi connectivity index (χ4v) is 8.13. The van der Waals surface area contributed by atoms with Crippen molar-refractivity contribution in [3.8, 4) is 45.3 Å². The zero-order valence-electron chi connectivity index (χ0n) is 29.4. The molecule has 0 fully saturated rings. The van der Waals surface area contributed by atoms with Gasteiger partial charge in [-0.3, -0.25) is 0 Å². The molecule has 0 N–H and O–H groups in total. The molecule has 5 nitrogen and oxygen atoms in total. The lowest BCUT2D eigenvalue weighted by Gasteiger charge is -2.11. The Bertz CT molecular complexity index is 3050. The predicted octanol–water partition coefficient (Wildman–Crippen LogP) is 13.0. The number of benzene rings is 6. The number of aryl methyl sites for hydroxylation is 1. The van der Waals surface area contributed by atoms with Gasteiger partial charge in [0.25, 0.3) is 0 Å². The summed E-state index contributed by atoms with van der Waals surface area (Å²) in [6, 6.07) is 42.3. The molecule has 6 aromatic carbocycles. The van der Waals surface area contributed by atoms with Crippen molar-refractivity contribution in [1.82, 2.24) is 15.0 Å². The van der Waals surface area contributed by atoms with E-state index in [-0.39, 0.29) is 0 Å². The highest BCUT2D eigenvalue weighted by molar-refractivity contribution is 6.15. The fraction of sp³-hybridized carbons (Fsp3) is 0.0816. The van der Waals surface area contributed by atoms with Crippen LogP contribution in [0.5, 0.6) is 0 Å². The van der Waals surface area contributed by atoms with E-state index in [0.29, 0.717) is 17.5 Å². The van der Waals surface area contributed by atoms with Gasteiger partial charge >= 0.3 is 0 Å². The smallest absolute Gasteiger partial charge is 0.164 e. The molecule has 0 amide bonds. The summed E-state index contributed by atoms with van der Waals surface area (Å²) in [5.74, 6) is 2.81. The van der Waals surface area contributed by atoms with Gasteiger partial charge in [0.2, 0.25) is 0 Å². The Labute approximate surface area is 311 Å². The van der Waals surface area contributed by atoms with Gasteiger partial charge in [-0.25, -0.2) is 15.0 Å². The Morgan fingerprint density at radius 2 is 1.24 bits per heavy atom. The molecule has 5 heteroatoms. The molecule has 2 aliphatic rings. The number of hydrogen-bond donors (Lipinski definition) is 0. The highest BCUT2D eigenvalue weighted by atomic mass is 16.3. The summed E-state index contributed by atoms with van der Waals surface area (Å²) in [5.41, 5.74) is 11.0. The van der Waals surface area contributed by atoms with Gasteiger partial charge in [-0.05, 0) is 77.4 Å². The van der Waals surface area contributed by atoms with Gasteiger partial charge in [-0.2, -0.15) is 0 Å². The SMILES string of the molecule is C1=CC(c2ccc(-c3nc(-c4ccc5ccccc5c4)nc(-c4cccc5oc6c(-c7ccc8c9c(oc8c7)C=CCC9)cccc6c45)n3)cc2)=CCC1. The van der Waals surface area contributed by atoms with Crippen LogP contribution >= 0.6 is 0 Å². The second-order valence-electron chi connectivity index (χ2n) is 14.1. The molecule has 0 atom stereocenters. The Balaban J connectivity index is 1.08. The topological polar surface area (TPSA) is 65.0 Å². The first-order valence-electron chi connectivity index (χ1n) is 18.6. The van der Waals surface area contributed by atoms with Gasteiger partial charge in [-0.1, -0.05) is 127 Å². The van der Waals surface area contributed by atoms with E-state index >= 15 is 0 Å². The van der Waals surface area contributed by atoms with Gasteiger partial charge in [-0.15, -0.1) is 0 Å². The number of para-hydroxylation sites is 1. The minimum Gasteiger partial charge on any atom is -0.456 e. The van der Waals surface area contributed by atoms with E-state index < -0.39 is 0 Å². The third kappa shape index (κ3) is 5.12. The highest BCUT2D eigenvalue weighted by Crippen LogP contribution is 2.42. The lowest BCUT2D eigenvalue weighted by atomic mass is 9.97. The summed E-state index contributed by atoms with van der Waals surface area (Å²) in [6.45, 7) is 0. The van der Waals surface area contributed by atoms with Crippen molar-refractivity contribution < 1.29 is 8.83 Å². The summed E-state index contributed by atoms with van der Waals surface area (Å²) in [4.78, 5) is 15.5. The summed E-state index contributed by atoms with van der Waals surface area (Å²) >= 11 is 0. The molecule has 9 aromatic rings. The molecule has 0 spiro atoms. The molecule has 2 aliphatic carbocycles. The molecule has 0 saturated heterocycles. The van der Waals surface area contributed by atoms with Crippen molar-refractivity contribution in [2.75, 3.05) is 0 Å². The number of hydrogen-bond acceptors (Lipinski definition) is 5. The summed E-state index contributed by atoms with van der Waals surface area (Å²) in [6.07, 6.45) is 15.2. The second-order valence-corrected chi connectivity index (χ2v) is 14.1. The molecular weight excluding hydrogens is 663 g/mol. The van der Waals surface area contributed by atoms with Crippen LogP contribution in [0.4, 0.5) is 0 Å². The molecule has 256 valence electrons. The van der Waals surface area contributed by atoms with E-state index in [4.69, 9.17) is 23.8 Å². The van der Waals surface area contributed by atoms with Gasteiger partial charge < -0.3 is 8.83 Å². The van der Waals surface area contributed by atoms with Crippen molar-refractivity contribution in [1.29, 1.82) is 0 Å². The first-order chi connectivity index (χ1) is 26.7. The van der Waals surface area contributed by atoms with Crippen LogP contribution in [-0.2, 0) is 6.42 Å². The molecule has 0 bridgehead atoms. The normalized spacial score (nSPS) is 14.0. The Kier molecular flexibility index (Phi) is 7.05. The maximum absolute atomic E-state index is 6.72. The molecule has 0 aliphatic heterocycles. The van der Waals surface area contributed by atoms with Gasteiger partial charge in [0.05, 0.1) is 0 Å². The van der Waals surface area contributed by atoms with Crippen molar-refractivity contribution in [3.63, 3.8) is 0 Å². The average molecular weight is 696 g/mol. The lowest BCUT2D eigenvalue weighted by Crippen LogP contribution is -2.00. The number of fused-ring (bicyclic) bond motifs is 7. The van der Waals surface area contributed by atoms with Crippen LogP contribution in [0.25, 0.3) is 101 Å². The fourth-order valence-electron chi connectivity index (χ4n) is 8.13. The number of nitrogens with zero attached hydrogens (tertiary/aromatic N) is 3. The van der Waals surface area contributed by atoms with Crippen LogP contribution in [0.2, 0.25) is 0 Å². The lowest BCUT2D eigenvalue weighted by molar-refractivity contribution is 0.595. The maximum Gasteiger partial charge on any atom is 0.164 e. The standard InChI is InChI=1S/C49H33N3O2/c1-2-10-30(11-3-1)32-20-23-33(24-21-32)47-50-48(36-25-22-31-12-4-5-13-34(31)28-36)52-49(51-47)41-17-9-19-43-45(41)40-16-8-15-37(46(40)54-43)35-26-27-39-38-14-6-7-18-42(38)53-44(39)29-35/h2,4-5,7-13,15-29H,1,3,6,14H2. The third-order valence-electron chi connectivity index (χ3n) is 10.8. The number of allylic oxidation sites excluding steroid dienone is 5. The first kappa shape index (κ1) is 30.7. The summed E-state index contributed by atoms with van der Waals surface area (Å²) in [5, 5.41) is 5.47. The van der Waals surface area contributed by atoms with Gasteiger partial charge in [0.15, 0.2) is 17.5 Å². The molecular formula is C49H33N3O2. The predicted molar refractivity (Wildman–Crippen MR) is 220 cm³/mol. The zero-order valence-corrected chi connectivity index (χ0v) is 29.4. The molecule has 54 heavy (non-hydrogen) atoms. The minimum absolute atomic E-state index is 0.597. The quantitative estimate of drug-likeness (QED) is 0.179. The molecule has 0 radical (unpaired) electrons. The Morgan fingerprint density at radius 3 is 2.13 bits per heavy atom. The summed E-state index contributed by atoms with van der Waals surface area (Å²) in [7, 11) is 0. The van der Waals surface area contributed by atoms with Crippen LogP contribution < -0.4 is 0 Å². The highest BCUT2D eigenvalue weighted by Gasteiger charge is 2.21. The number of aromatic nitrogens is 3. The van der Waals surface area contributed by atoms with E-state index in [1.807, 2.05) is 12.1 Å². The third-order valence-corrected chi connectivity index (χ3v) is 10.8. The van der Waals surface area contributed by atoms with E-state index in [2.05, 4.69) is 140 Å². The average Bonchev–Trinajstić information content (AvgIpc) is 3.82. The van der Waals surface area contributed by atoms with E-state index in [9.17, 15) is 0 Å². The van der Waals surface area contributed by atoms with Crippen molar-refractivity contribution in [2.45, 2.75) is 25.7 Å². The largest absolute Gasteiger partial charge is 0.456 e. The monoisotopic (exact) mass is 695 g/mol. The van der Waals surface area contributed by atoms with E-state index in [1.165, 1.54) is 27.5 Å². The van der Waals surface area contributed by atoms with Crippen molar-refractivity contribution in [2.24, 2.45) is 0 Å². The maximum atomic E-state index is 6.72. The van der Waals surface area contributed by atoms with Crippen molar-refractivity contribution >= 4 is 55.3 Å². The number of furan rings is 2.